The van der Waals surface area contributed by atoms with Crippen LogP contribution in [-0.4, -0.2) is 33.1 Å². The van der Waals surface area contributed by atoms with Crippen molar-refractivity contribution >= 4 is 17.3 Å². The van der Waals surface area contributed by atoms with Crippen molar-refractivity contribution in [1.82, 2.24) is 5.32 Å². The molecule has 1 saturated carbocycles. The molecule has 0 aromatic heterocycles. The highest BCUT2D eigenvalue weighted by Crippen LogP contribution is 2.46. The van der Waals surface area contributed by atoms with Crippen molar-refractivity contribution < 1.29 is 4.79 Å². The lowest BCUT2D eigenvalue weighted by molar-refractivity contribution is -0.115. The number of rotatable bonds is 5. The molecule has 0 saturated heterocycles. The van der Waals surface area contributed by atoms with Crippen molar-refractivity contribution in [2.45, 2.75) is 19.3 Å². The number of nitrogens with one attached hydrogen (secondary N) is 2. The fourth-order valence-electron chi connectivity index (χ4n) is 2.99. The Morgan fingerprint density at radius 3 is 2.89 bits per heavy atom. The SMILES string of the molecule is CNCC1(CN(C)c2ccc3c(c2)CC(=O)N3)CC1. The molecule has 3 rings (SSSR count). The van der Waals surface area contributed by atoms with Crippen molar-refractivity contribution in [3.63, 3.8) is 0 Å². The molecular weight excluding hydrogens is 238 g/mol. The zero-order valence-corrected chi connectivity index (χ0v) is 11.6. The minimum Gasteiger partial charge on any atom is -0.374 e. The van der Waals surface area contributed by atoms with Crippen LogP contribution < -0.4 is 15.5 Å². The van der Waals surface area contributed by atoms with Gasteiger partial charge in [0.25, 0.3) is 0 Å². The first-order valence-corrected chi connectivity index (χ1v) is 6.90. The number of nitrogens with zero attached hydrogens (tertiary/aromatic N) is 1. The molecule has 1 aliphatic carbocycles. The Balaban J connectivity index is 1.72. The molecule has 4 heteroatoms. The first kappa shape index (κ1) is 12.5. The van der Waals surface area contributed by atoms with Gasteiger partial charge in [0.2, 0.25) is 5.91 Å². The molecule has 1 amide bonds. The first-order chi connectivity index (χ1) is 9.12. The molecule has 0 radical (unpaired) electrons. The maximum Gasteiger partial charge on any atom is 0.228 e. The minimum absolute atomic E-state index is 0.101. The maximum absolute atomic E-state index is 11.4. The Bertz CT molecular complexity index is 508. The summed E-state index contributed by atoms with van der Waals surface area (Å²) in [4.78, 5) is 13.7. The topological polar surface area (TPSA) is 44.4 Å². The van der Waals surface area contributed by atoms with E-state index in [1.54, 1.807) is 0 Å². The van der Waals surface area contributed by atoms with Crippen LogP contribution in [0.25, 0.3) is 0 Å². The van der Waals surface area contributed by atoms with Gasteiger partial charge >= 0.3 is 0 Å². The van der Waals surface area contributed by atoms with Crippen molar-refractivity contribution in [3.8, 4) is 0 Å². The highest BCUT2D eigenvalue weighted by atomic mass is 16.1. The van der Waals surface area contributed by atoms with E-state index in [0.29, 0.717) is 11.8 Å². The third-order valence-corrected chi connectivity index (χ3v) is 4.24. The summed E-state index contributed by atoms with van der Waals surface area (Å²) in [5.41, 5.74) is 3.75. The van der Waals surface area contributed by atoms with Gasteiger partial charge in [0.15, 0.2) is 0 Å². The summed E-state index contributed by atoms with van der Waals surface area (Å²) in [5.74, 6) is 0.101. The number of carbonyl (C=O) groups excluding carboxylic acids is 1. The van der Waals surface area contributed by atoms with Crippen molar-refractivity contribution in [1.29, 1.82) is 0 Å². The van der Waals surface area contributed by atoms with Crippen molar-refractivity contribution in [2.75, 3.05) is 37.4 Å². The number of anilines is 2. The lowest BCUT2D eigenvalue weighted by Gasteiger charge is -2.26. The first-order valence-electron chi connectivity index (χ1n) is 6.90. The summed E-state index contributed by atoms with van der Waals surface area (Å²) in [7, 11) is 4.16. The van der Waals surface area contributed by atoms with E-state index in [-0.39, 0.29) is 5.91 Å². The number of amides is 1. The highest BCUT2D eigenvalue weighted by molar-refractivity contribution is 5.99. The van der Waals surface area contributed by atoms with Crippen LogP contribution >= 0.6 is 0 Å². The summed E-state index contributed by atoms with van der Waals surface area (Å²) >= 11 is 0. The summed E-state index contributed by atoms with van der Waals surface area (Å²) < 4.78 is 0. The van der Waals surface area contributed by atoms with Gasteiger partial charge in [-0.3, -0.25) is 4.79 Å². The van der Waals surface area contributed by atoms with Crippen molar-refractivity contribution in [2.24, 2.45) is 5.41 Å². The highest BCUT2D eigenvalue weighted by Gasteiger charge is 2.42. The van der Waals surface area contributed by atoms with E-state index >= 15 is 0 Å². The van der Waals surface area contributed by atoms with Crippen LogP contribution in [-0.2, 0) is 11.2 Å². The Hall–Kier alpha value is -1.55. The van der Waals surface area contributed by atoms with E-state index in [2.05, 4.69) is 34.7 Å². The van der Waals surface area contributed by atoms with Crippen LogP contribution in [0.3, 0.4) is 0 Å². The standard InChI is InChI=1S/C15H21N3O/c1-16-9-15(5-6-15)10-18(2)12-3-4-13-11(7-12)8-14(19)17-13/h3-4,7,16H,5-6,8-10H2,1-2H3,(H,17,19). The zero-order chi connectivity index (χ0) is 13.5. The molecule has 19 heavy (non-hydrogen) atoms. The number of carbonyl (C=O) groups is 1. The lowest BCUT2D eigenvalue weighted by Crippen LogP contribution is -2.32. The molecule has 0 spiro atoms. The van der Waals surface area contributed by atoms with Gasteiger partial charge in [-0.15, -0.1) is 0 Å². The molecule has 0 bridgehead atoms. The summed E-state index contributed by atoms with van der Waals surface area (Å²) in [6.07, 6.45) is 3.13. The second kappa shape index (κ2) is 4.53. The van der Waals surface area contributed by atoms with E-state index in [1.807, 2.05) is 13.1 Å². The third kappa shape index (κ3) is 2.45. The molecule has 1 aromatic rings. The lowest BCUT2D eigenvalue weighted by atomic mass is 10.1. The van der Waals surface area contributed by atoms with E-state index in [4.69, 9.17) is 0 Å². The molecule has 2 aliphatic rings. The normalized spacial score (nSPS) is 18.9. The average molecular weight is 259 g/mol. The van der Waals surface area contributed by atoms with Gasteiger partial charge in [0, 0.05) is 36.9 Å². The minimum atomic E-state index is 0.101. The molecule has 2 N–H and O–H groups in total. The van der Waals surface area contributed by atoms with E-state index < -0.39 is 0 Å². The molecule has 0 atom stereocenters. The van der Waals surface area contributed by atoms with Crippen LogP contribution in [0.5, 0.6) is 0 Å². The fourth-order valence-corrected chi connectivity index (χ4v) is 2.99. The maximum atomic E-state index is 11.4. The molecule has 1 fully saturated rings. The summed E-state index contributed by atoms with van der Waals surface area (Å²) in [5, 5.41) is 6.17. The van der Waals surface area contributed by atoms with E-state index in [9.17, 15) is 4.79 Å². The van der Waals surface area contributed by atoms with Gasteiger partial charge in [-0.05, 0) is 43.7 Å². The van der Waals surface area contributed by atoms with Gasteiger partial charge in [0.1, 0.15) is 0 Å². The molecule has 1 aromatic carbocycles. The third-order valence-electron chi connectivity index (χ3n) is 4.24. The Morgan fingerprint density at radius 1 is 1.42 bits per heavy atom. The number of benzene rings is 1. The summed E-state index contributed by atoms with van der Waals surface area (Å²) in [6, 6.07) is 6.26. The summed E-state index contributed by atoms with van der Waals surface area (Å²) in [6.45, 7) is 2.16. The molecule has 102 valence electrons. The predicted molar refractivity (Wildman–Crippen MR) is 77.6 cm³/mol. The predicted octanol–water partition coefficient (Wildman–Crippen LogP) is 1.62. The molecular formula is C15H21N3O. The second-order valence-corrected chi connectivity index (χ2v) is 5.95. The van der Waals surface area contributed by atoms with E-state index in [1.165, 1.54) is 18.5 Å². The number of hydrogen-bond donors (Lipinski definition) is 2. The second-order valence-electron chi connectivity index (χ2n) is 5.95. The fraction of sp³-hybridized carbons (Fsp3) is 0.533. The van der Waals surface area contributed by atoms with Crippen LogP contribution in [0.15, 0.2) is 18.2 Å². The smallest absolute Gasteiger partial charge is 0.228 e. The van der Waals surface area contributed by atoms with Gasteiger partial charge in [0.05, 0.1) is 6.42 Å². The molecule has 4 nitrogen and oxygen atoms in total. The zero-order valence-electron chi connectivity index (χ0n) is 11.6. The molecule has 1 aliphatic heterocycles. The van der Waals surface area contributed by atoms with Gasteiger partial charge < -0.3 is 15.5 Å². The molecule has 1 heterocycles. The van der Waals surface area contributed by atoms with Gasteiger partial charge in [-0.25, -0.2) is 0 Å². The average Bonchev–Trinajstić information content (AvgIpc) is 3.01. The van der Waals surface area contributed by atoms with Gasteiger partial charge in [-0.2, -0.15) is 0 Å². The quantitative estimate of drug-likeness (QED) is 0.844. The number of hydrogen-bond acceptors (Lipinski definition) is 3. The van der Waals surface area contributed by atoms with Crippen LogP contribution in [0.1, 0.15) is 18.4 Å². The largest absolute Gasteiger partial charge is 0.374 e. The van der Waals surface area contributed by atoms with Crippen LogP contribution in [0.2, 0.25) is 0 Å². The van der Waals surface area contributed by atoms with Gasteiger partial charge in [-0.1, -0.05) is 0 Å². The van der Waals surface area contributed by atoms with E-state index in [0.717, 1.165) is 24.3 Å². The molecule has 0 unspecified atom stereocenters. The van der Waals surface area contributed by atoms with Crippen molar-refractivity contribution in [3.05, 3.63) is 23.8 Å². The van der Waals surface area contributed by atoms with Crippen LogP contribution in [0, 0.1) is 5.41 Å². The Labute approximate surface area is 114 Å². The Morgan fingerprint density at radius 2 is 2.21 bits per heavy atom. The number of fused-ring (bicyclic) bond motifs is 1. The van der Waals surface area contributed by atoms with Crippen LogP contribution in [0.4, 0.5) is 11.4 Å². The monoisotopic (exact) mass is 259 g/mol. The Kier molecular flexibility index (Phi) is 2.97.